The number of carbonyl (C=O) groups excluding carboxylic acids is 3. The number of hydrogen-bond donors (Lipinski definition) is 2. The van der Waals surface area contributed by atoms with Gasteiger partial charge in [0.1, 0.15) is 5.78 Å². The number of allylic oxidation sites excluding steroid dienone is 2. The molecule has 0 aromatic rings. The number of carbonyl (C=O) groups is 3. The van der Waals surface area contributed by atoms with Gasteiger partial charge in [-0.2, -0.15) is 0 Å². The minimum atomic E-state index is -0.493. The van der Waals surface area contributed by atoms with Crippen LogP contribution in [0, 0.1) is 17.8 Å². The summed E-state index contributed by atoms with van der Waals surface area (Å²) in [7, 11) is 3.98. The van der Waals surface area contributed by atoms with Crippen LogP contribution in [0.25, 0.3) is 0 Å². The first-order valence-electron chi connectivity index (χ1n) is 16.9. The molecule has 0 bridgehead atoms. The lowest BCUT2D eigenvalue weighted by Crippen LogP contribution is -2.43. The summed E-state index contributed by atoms with van der Waals surface area (Å²) >= 11 is 0. The second kappa shape index (κ2) is 24.7. The molecule has 41 heavy (non-hydrogen) atoms. The number of unbranched alkanes of at least 4 members (excludes halogenated alkanes) is 15. The summed E-state index contributed by atoms with van der Waals surface area (Å²) in [6, 6.07) is 0. The molecular weight excluding hydrogens is 514 g/mol. The molecule has 2 N–H and O–H groups in total. The molecule has 0 aliphatic heterocycles. The summed E-state index contributed by atoms with van der Waals surface area (Å²) in [5, 5.41) is 5.85. The van der Waals surface area contributed by atoms with Gasteiger partial charge in [0.25, 0.3) is 0 Å². The summed E-state index contributed by atoms with van der Waals surface area (Å²) in [6.07, 6.45) is 25.9. The highest BCUT2D eigenvalue weighted by Crippen LogP contribution is 2.32. The smallest absolute Gasteiger partial charge is 0.407 e. The van der Waals surface area contributed by atoms with Crippen molar-refractivity contribution in [3.8, 4) is 0 Å². The maximum atomic E-state index is 13.0. The molecule has 7 heteroatoms. The van der Waals surface area contributed by atoms with Gasteiger partial charge in [0.15, 0.2) is 0 Å². The topological polar surface area (TPSA) is 87.7 Å². The standard InChI is InChI=1S/C34H63N3O4/c1-5-6-7-8-9-10-11-12-13-14-15-16-17-18-19-20-25-35-33(39)31-24-21-23-30(29(2)38)32(31)28-41-34(40)36-26-22-27-37(3)4/h21,23,30-32H,5-20,22,24-28H2,1-4H3,(H,35,39)(H,36,40). The van der Waals surface area contributed by atoms with Crippen LogP contribution in [0.15, 0.2) is 12.2 Å². The van der Waals surface area contributed by atoms with Crippen molar-refractivity contribution < 1.29 is 19.1 Å². The van der Waals surface area contributed by atoms with Gasteiger partial charge in [0.2, 0.25) is 5.91 Å². The normalized spacial score (nSPS) is 18.4. The van der Waals surface area contributed by atoms with Gasteiger partial charge in [-0.15, -0.1) is 0 Å². The van der Waals surface area contributed by atoms with Crippen LogP contribution in [0.1, 0.15) is 129 Å². The Morgan fingerprint density at radius 1 is 0.756 bits per heavy atom. The van der Waals surface area contributed by atoms with Crippen molar-refractivity contribution in [2.75, 3.05) is 40.3 Å². The van der Waals surface area contributed by atoms with Crippen LogP contribution >= 0.6 is 0 Å². The quantitative estimate of drug-likeness (QED) is 0.0870. The van der Waals surface area contributed by atoms with Crippen molar-refractivity contribution in [3.05, 3.63) is 12.2 Å². The van der Waals surface area contributed by atoms with E-state index in [2.05, 4.69) is 22.5 Å². The van der Waals surface area contributed by atoms with Crippen LogP contribution in [0.2, 0.25) is 0 Å². The van der Waals surface area contributed by atoms with E-state index in [0.29, 0.717) is 19.5 Å². The van der Waals surface area contributed by atoms with Crippen molar-refractivity contribution in [2.24, 2.45) is 17.8 Å². The highest BCUT2D eigenvalue weighted by atomic mass is 16.5. The molecule has 0 saturated carbocycles. The van der Waals surface area contributed by atoms with E-state index in [9.17, 15) is 14.4 Å². The van der Waals surface area contributed by atoms with Crippen molar-refractivity contribution in [1.82, 2.24) is 15.5 Å². The molecule has 1 aliphatic rings. The first-order chi connectivity index (χ1) is 19.9. The van der Waals surface area contributed by atoms with Gasteiger partial charge in [0, 0.05) is 30.8 Å². The molecule has 1 rings (SSSR count). The van der Waals surface area contributed by atoms with E-state index in [0.717, 1.165) is 25.8 Å². The van der Waals surface area contributed by atoms with Gasteiger partial charge in [-0.3, -0.25) is 9.59 Å². The van der Waals surface area contributed by atoms with Crippen molar-refractivity contribution in [3.63, 3.8) is 0 Å². The number of rotatable bonds is 25. The van der Waals surface area contributed by atoms with Crippen molar-refractivity contribution in [1.29, 1.82) is 0 Å². The third-order valence-electron chi connectivity index (χ3n) is 8.31. The predicted octanol–water partition coefficient (Wildman–Crippen LogP) is 7.44. The Balaban J connectivity index is 2.17. The number of alkyl carbamates (subject to hydrolysis) is 1. The van der Waals surface area contributed by atoms with Crippen molar-refractivity contribution in [2.45, 2.75) is 129 Å². The zero-order valence-corrected chi connectivity index (χ0v) is 27.0. The Kier molecular flexibility index (Phi) is 22.4. The Hall–Kier alpha value is -1.89. The number of nitrogens with zero attached hydrogens (tertiary/aromatic N) is 1. The molecule has 0 radical (unpaired) electrons. The molecule has 0 heterocycles. The minimum Gasteiger partial charge on any atom is -0.449 e. The second-order valence-electron chi connectivity index (χ2n) is 12.3. The van der Waals surface area contributed by atoms with E-state index in [1.807, 2.05) is 26.2 Å². The van der Waals surface area contributed by atoms with E-state index in [-0.39, 0.29) is 30.1 Å². The third kappa shape index (κ3) is 19.0. The lowest BCUT2D eigenvalue weighted by Gasteiger charge is -2.32. The highest BCUT2D eigenvalue weighted by Gasteiger charge is 2.38. The Morgan fingerprint density at radius 2 is 1.27 bits per heavy atom. The number of ketones is 1. The maximum absolute atomic E-state index is 13.0. The van der Waals surface area contributed by atoms with Gasteiger partial charge in [-0.1, -0.05) is 115 Å². The highest BCUT2D eigenvalue weighted by molar-refractivity contribution is 5.84. The van der Waals surface area contributed by atoms with Gasteiger partial charge in [-0.05, 0) is 46.8 Å². The summed E-state index contributed by atoms with van der Waals surface area (Å²) in [4.78, 5) is 39.6. The van der Waals surface area contributed by atoms with E-state index in [4.69, 9.17) is 4.74 Å². The lowest BCUT2D eigenvalue weighted by atomic mass is 9.74. The Morgan fingerprint density at radius 3 is 1.78 bits per heavy atom. The molecule has 0 spiro atoms. The molecule has 7 nitrogen and oxygen atoms in total. The lowest BCUT2D eigenvalue weighted by molar-refractivity contribution is -0.130. The van der Waals surface area contributed by atoms with E-state index < -0.39 is 12.0 Å². The minimum absolute atomic E-state index is 0.00320. The van der Waals surface area contributed by atoms with Gasteiger partial charge in [-0.25, -0.2) is 4.79 Å². The molecule has 1 aliphatic carbocycles. The fourth-order valence-corrected chi connectivity index (χ4v) is 5.72. The zero-order chi connectivity index (χ0) is 30.1. The number of amides is 2. The molecule has 2 amide bonds. The monoisotopic (exact) mass is 577 g/mol. The first-order valence-corrected chi connectivity index (χ1v) is 16.9. The number of nitrogens with one attached hydrogen (secondary N) is 2. The van der Waals surface area contributed by atoms with Gasteiger partial charge in [0.05, 0.1) is 6.61 Å². The predicted molar refractivity (Wildman–Crippen MR) is 170 cm³/mol. The summed E-state index contributed by atoms with van der Waals surface area (Å²) < 4.78 is 5.46. The van der Waals surface area contributed by atoms with E-state index in [1.54, 1.807) is 6.92 Å². The average Bonchev–Trinajstić information content (AvgIpc) is 2.95. The largest absolute Gasteiger partial charge is 0.449 e. The zero-order valence-electron chi connectivity index (χ0n) is 27.0. The summed E-state index contributed by atoms with van der Waals surface area (Å²) in [5.74, 6) is -1.15. The van der Waals surface area contributed by atoms with Crippen LogP contribution in [-0.2, 0) is 14.3 Å². The first kappa shape index (κ1) is 37.1. The third-order valence-corrected chi connectivity index (χ3v) is 8.31. The average molecular weight is 578 g/mol. The molecular formula is C34H63N3O4. The van der Waals surface area contributed by atoms with E-state index in [1.165, 1.54) is 89.9 Å². The fraction of sp³-hybridized carbons (Fsp3) is 0.853. The summed E-state index contributed by atoms with van der Waals surface area (Å²) in [6.45, 7) is 5.94. The molecule has 3 atom stereocenters. The molecule has 0 aromatic heterocycles. The molecule has 3 unspecified atom stereocenters. The van der Waals surface area contributed by atoms with Gasteiger partial charge < -0.3 is 20.3 Å². The SMILES string of the molecule is CCCCCCCCCCCCCCCCCCNC(=O)C1CC=CC(C(C)=O)C1COC(=O)NCCCN(C)C. The van der Waals surface area contributed by atoms with Crippen LogP contribution in [0.4, 0.5) is 4.79 Å². The fourth-order valence-electron chi connectivity index (χ4n) is 5.72. The Labute approximate surface area is 252 Å². The van der Waals surface area contributed by atoms with Crippen molar-refractivity contribution >= 4 is 17.8 Å². The van der Waals surface area contributed by atoms with Crippen LogP contribution < -0.4 is 10.6 Å². The summed E-state index contributed by atoms with van der Waals surface area (Å²) in [5.41, 5.74) is 0. The molecule has 0 fully saturated rings. The Bertz CT molecular complexity index is 725. The van der Waals surface area contributed by atoms with Crippen LogP contribution in [0.3, 0.4) is 0 Å². The van der Waals surface area contributed by atoms with Crippen LogP contribution in [0.5, 0.6) is 0 Å². The molecule has 0 saturated heterocycles. The number of ether oxygens (including phenoxy) is 1. The van der Waals surface area contributed by atoms with Gasteiger partial charge >= 0.3 is 6.09 Å². The molecule has 238 valence electrons. The number of Topliss-reactive ketones (excluding diaryl/α,β-unsaturated/α-hetero) is 1. The number of hydrogen-bond acceptors (Lipinski definition) is 5. The second-order valence-corrected chi connectivity index (χ2v) is 12.3. The van der Waals surface area contributed by atoms with E-state index >= 15 is 0 Å². The molecule has 0 aromatic carbocycles. The maximum Gasteiger partial charge on any atom is 0.407 e. The van der Waals surface area contributed by atoms with Crippen LogP contribution in [-0.4, -0.2) is 63.0 Å².